The smallest absolute Gasteiger partial charge is 0.195 e. The third kappa shape index (κ3) is 5.93. The maximum Gasteiger partial charge on any atom is 0.195 e. The quantitative estimate of drug-likeness (QED) is 0.777. The van der Waals surface area contributed by atoms with E-state index in [0.29, 0.717) is 6.61 Å². The molecule has 3 rings (SSSR count). The van der Waals surface area contributed by atoms with Crippen molar-refractivity contribution in [3.8, 4) is 5.75 Å². The highest BCUT2D eigenvalue weighted by Crippen LogP contribution is 2.18. The number of methoxy groups -OCH3 is 1. The van der Waals surface area contributed by atoms with E-state index < -0.39 is 0 Å². The van der Waals surface area contributed by atoms with Crippen LogP contribution < -0.4 is 15.4 Å². The number of halogens is 1. The minimum Gasteiger partial charge on any atom is -0.488 e. The van der Waals surface area contributed by atoms with Gasteiger partial charge in [0.05, 0.1) is 13.2 Å². The van der Waals surface area contributed by atoms with Gasteiger partial charge in [0.2, 0.25) is 0 Å². The van der Waals surface area contributed by atoms with Crippen molar-refractivity contribution in [2.75, 3.05) is 32.1 Å². The lowest BCUT2D eigenvalue weighted by molar-refractivity contribution is 0.0921. The van der Waals surface area contributed by atoms with E-state index in [2.05, 4.69) is 52.0 Å². The van der Waals surface area contributed by atoms with Gasteiger partial charge < -0.3 is 20.1 Å². The van der Waals surface area contributed by atoms with E-state index in [1.165, 1.54) is 11.1 Å². The standard InChI is InChI=1S/C20H25N3O2.ClH/c1-15(14-24-2)25-19-9-5-17(6-10-19)13-16-3-7-18(8-4-16)23-20-21-11-12-22-20;/h3-10,15H,11-14H2,1-2H3,(H2,21,22,23);1H. The topological polar surface area (TPSA) is 54.9 Å². The van der Waals surface area contributed by atoms with Gasteiger partial charge in [-0.3, -0.25) is 4.99 Å². The number of rotatable bonds is 7. The molecule has 1 aliphatic heterocycles. The summed E-state index contributed by atoms with van der Waals surface area (Å²) >= 11 is 0. The Bertz CT molecular complexity index is 702. The third-order valence-corrected chi connectivity index (χ3v) is 3.96. The Hall–Kier alpha value is -2.24. The van der Waals surface area contributed by atoms with Gasteiger partial charge in [-0.2, -0.15) is 0 Å². The number of nitrogens with zero attached hydrogens (tertiary/aromatic N) is 1. The molecule has 1 aliphatic rings. The second-order valence-corrected chi connectivity index (χ2v) is 6.18. The highest BCUT2D eigenvalue weighted by molar-refractivity contribution is 5.94. The van der Waals surface area contributed by atoms with Crippen LogP contribution in [0.1, 0.15) is 18.1 Å². The molecular weight excluding hydrogens is 350 g/mol. The SMILES string of the molecule is COCC(C)Oc1ccc(Cc2ccc(NC3=NCCN3)cc2)cc1.Cl. The van der Waals surface area contributed by atoms with E-state index in [4.69, 9.17) is 9.47 Å². The third-order valence-electron chi connectivity index (χ3n) is 3.96. The Morgan fingerprint density at radius 3 is 2.31 bits per heavy atom. The summed E-state index contributed by atoms with van der Waals surface area (Å²) in [6.45, 7) is 4.33. The molecule has 0 saturated carbocycles. The molecule has 1 heterocycles. The molecule has 0 amide bonds. The largest absolute Gasteiger partial charge is 0.488 e. The summed E-state index contributed by atoms with van der Waals surface area (Å²) in [7, 11) is 1.68. The van der Waals surface area contributed by atoms with Crippen LogP contribution in [0.15, 0.2) is 53.5 Å². The van der Waals surface area contributed by atoms with Crippen molar-refractivity contribution < 1.29 is 9.47 Å². The molecule has 0 radical (unpaired) electrons. The molecule has 0 fully saturated rings. The number of anilines is 1. The normalized spacial score (nSPS) is 14.0. The van der Waals surface area contributed by atoms with Gasteiger partial charge in [-0.1, -0.05) is 24.3 Å². The number of ether oxygens (including phenoxy) is 2. The van der Waals surface area contributed by atoms with Gasteiger partial charge in [0.25, 0.3) is 0 Å². The van der Waals surface area contributed by atoms with Gasteiger partial charge in [-0.15, -0.1) is 12.4 Å². The Balaban J connectivity index is 0.00000243. The molecule has 2 aromatic rings. The monoisotopic (exact) mass is 375 g/mol. The summed E-state index contributed by atoms with van der Waals surface area (Å²) in [6.07, 6.45) is 0.947. The molecule has 1 unspecified atom stereocenters. The van der Waals surface area contributed by atoms with Crippen LogP contribution in [0.3, 0.4) is 0 Å². The molecule has 0 bridgehead atoms. The van der Waals surface area contributed by atoms with Crippen molar-refractivity contribution in [2.24, 2.45) is 4.99 Å². The lowest BCUT2D eigenvalue weighted by Crippen LogP contribution is -2.26. The van der Waals surface area contributed by atoms with E-state index >= 15 is 0 Å². The van der Waals surface area contributed by atoms with E-state index in [1.54, 1.807) is 7.11 Å². The van der Waals surface area contributed by atoms with Crippen molar-refractivity contribution >= 4 is 24.1 Å². The Morgan fingerprint density at radius 1 is 1.08 bits per heavy atom. The average Bonchev–Trinajstić information content (AvgIpc) is 3.12. The zero-order chi connectivity index (χ0) is 17.5. The van der Waals surface area contributed by atoms with E-state index in [1.807, 2.05) is 19.1 Å². The molecule has 140 valence electrons. The van der Waals surface area contributed by atoms with Crippen LogP contribution in [-0.4, -0.2) is 38.9 Å². The fourth-order valence-corrected chi connectivity index (χ4v) is 2.75. The lowest BCUT2D eigenvalue weighted by atomic mass is 10.0. The molecule has 1 atom stereocenters. The highest BCUT2D eigenvalue weighted by Gasteiger charge is 2.06. The van der Waals surface area contributed by atoms with Crippen LogP contribution >= 0.6 is 12.4 Å². The molecule has 2 N–H and O–H groups in total. The molecule has 0 aliphatic carbocycles. The number of nitrogens with one attached hydrogen (secondary N) is 2. The molecular formula is C20H26ClN3O2. The first-order valence-electron chi connectivity index (χ1n) is 8.62. The summed E-state index contributed by atoms with van der Waals surface area (Å²) in [6, 6.07) is 16.7. The first kappa shape index (κ1) is 20.1. The molecule has 5 nitrogen and oxygen atoms in total. The van der Waals surface area contributed by atoms with Gasteiger partial charge in [0.1, 0.15) is 11.9 Å². The highest BCUT2D eigenvalue weighted by atomic mass is 35.5. The van der Waals surface area contributed by atoms with E-state index in [9.17, 15) is 0 Å². The first-order chi connectivity index (χ1) is 12.2. The summed E-state index contributed by atoms with van der Waals surface area (Å²) < 4.78 is 10.9. The summed E-state index contributed by atoms with van der Waals surface area (Å²) in [5.74, 6) is 1.73. The van der Waals surface area contributed by atoms with Crippen molar-refractivity contribution in [1.29, 1.82) is 0 Å². The van der Waals surface area contributed by atoms with E-state index in [-0.39, 0.29) is 18.5 Å². The zero-order valence-corrected chi connectivity index (χ0v) is 16.0. The zero-order valence-electron chi connectivity index (χ0n) is 15.2. The predicted molar refractivity (Wildman–Crippen MR) is 109 cm³/mol. The fraction of sp³-hybridized carbons (Fsp3) is 0.350. The van der Waals surface area contributed by atoms with Crippen molar-refractivity contribution in [2.45, 2.75) is 19.4 Å². The van der Waals surface area contributed by atoms with Gasteiger partial charge in [0, 0.05) is 19.3 Å². The molecule has 0 aromatic heterocycles. The molecule has 0 saturated heterocycles. The van der Waals surface area contributed by atoms with Crippen molar-refractivity contribution in [3.05, 3.63) is 59.7 Å². The predicted octanol–water partition coefficient (Wildman–Crippen LogP) is 3.48. The van der Waals surface area contributed by atoms with Gasteiger partial charge in [-0.25, -0.2) is 0 Å². The fourth-order valence-electron chi connectivity index (χ4n) is 2.75. The van der Waals surface area contributed by atoms with Crippen LogP contribution in [0.2, 0.25) is 0 Å². The second kappa shape index (κ2) is 10.0. The summed E-state index contributed by atoms with van der Waals surface area (Å²) in [4.78, 5) is 4.34. The number of aliphatic imine (C=N–C) groups is 1. The van der Waals surface area contributed by atoms with Crippen molar-refractivity contribution in [1.82, 2.24) is 5.32 Å². The first-order valence-corrected chi connectivity index (χ1v) is 8.62. The van der Waals surface area contributed by atoms with Crippen LogP contribution in [0.25, 0.3) is 0 Å². The molecule has 0 spiro atoms. The van der Waals surface area contributed by atoms with Crippen LogP contribution in [0.5, 0.6) is 5.75 Å². The second-order valence-electron chi connectivity index (χ2n) is 6.18. The number of guanidine groups is 1. The Labute approximate surface area is 161 Å². The molecule has 6 heteroatoms. The molecule has 2 aromatic carbocycles. The van der Waals surface area contributed by atoms with Gasteiger partial charge in [0.15, 0.2) is 5.96 Å². The minimum absolute atomic E-state index is 0. The lowest BCUT2D eigenvalue weighted by Gasteiger charge is -2.14. The number of hydrogen-bond acceptors (Lipinski definition) is 5. The summed E-state index contributed by atoms with van der Waals surface area (Å²) in [5, 5.41) is 6.49. The Morgan fingerprint density at radius 2 is 1.73 bits per heavy atom. The minimum atomic E-state index is 0. The average molecular weight is 376 g/mol. The number of hydrogen-bond donors (Lipinski definition) is 2. The molecule has 26 heavy (non-hydrogen) atoms. The van der Waals surface area contributed by atoms with Gasteiger partial charge in [-0.05, 0) is 48.7 Å². The maximum absolute atomic E-state index is 5.79. The Kier molecular flexibility index (Phi) is 7.75. The summed E-state index contributed by atoms with van der Waals surface area (Å²) in [5.41, 5.74) is 3.58. The van der Waals surface area contributed by atoms with Crippen LogP contribution in [-0.2, 0) is 11.2 Å². The maximum atomic E-state index is 5.79. The van der Waals surface area contributed by atoms with Crippen molar-refractivity contribution in [3.63, 3.8) is 0 Å². The van der Waals surface area contributed by atoms with E-state index in [0.717, 1.165) is 36.9 Å². The number of benzene rings is 2. The van der Waals surface area contributed by atoms with Crippen LogP contribution in [0, 0.1) is 0 Å². The van der Waals surface area contributed by atoms with Crippen LogP contribution in [0.4, 0.5) is 5.69 Å². The van der Waals surface area contributed by atoms with Gasteiger partial charge >= 0.3 is 0 Å².